The molecule has 132 valence electrons. The van der Waals surface area contributed by atoms with Crippen molar-refractivity contribution >= 4 is 28.2 Å². The largest absolute Gasteiger partial charge is 0.465 e. The minimum atomic E-state index is -0.474. The SMILES string of the molecule is COC(=O)c1cc([C@@H](C)c2ccccc2)sc1NC(=O)c1ccncc1. The van der Waals surface area contributed by atoms with E-state index in [0.29, 0.717) is 16.1 Å². The molecule has 6 heteroatoms. The molecule has 0 saturated carbocycles. The van der Waals surface area contributed by atoms with Crippen LogP contribution in [0.4, 0.5) is 5.00 Å². The van der Waals surface area contributed by atoms with Gasteiger partial charge in [0.05, 0.1) is 12.7 Å². The predicted molar refractivity (Wildman–Crippen MR) is 102 cm³/mol. The van der Waals surface area contributed by atoms with Crippen LogP contribution in [-0.2, 0) is 4.74 Å². The van der Waals surface area contributed by atoms with Crippen LogP contribution in [0.25, 0.3) is 0 Å². The van der Waals surface area contributed by atoms with Crippen molar-refractivity contribution in [3.63, 3.8) is 0 Å². The van der Waals surface area contributed by atoms with Crippen molar-refractivity contribution in [2.75, 3.05) is 12.4 Å². The molecule has 0 unspecified atom stereocenters. The number of esters is 1. The van der Waals surface area contributed by atoms with E-state index in [2.05, 4.69) is 17.2 Å². The number of ether oxygens (including phenoxy) is 1. The fourth-order valence-electron chi connectivity index (χ4n) is 2.56. The number of anilines is 1. The second-order valence-electron chi connectivity index (χ2n) is 5.71. The molecule has 3 rings (SSSR count). The summed E-state index contributed by atoms with van der Waals surface area (Å²) in [6, 6.07) is 15.0. The summed E-state index contributed by atoms with van der Waals surface area (Å²) in [5.41, 5.74) is 1.97. The van der Waals surface area contributed by atoms with Crippen LogP contribution < -0.4 is 5.32 Å². The maximum absolute atomic E-state index is 12.4. The first kappa shape index (κ1) is 17.8. The highest BCUT2D eigenvalue weighted by Gasteiger charge is 2.22. The van der Waals surface area contributed by atoms with Gasteiger partial charge in [-0.25, -0.2) is 4.79 Å². The number of nitrogens with one attached hydrogen (secondary N) is 1. The molecule has 1 atom stereocenters. The van der Waals surface area contributed by atoms with E-state index in [1.807, 2.05) is 30.3 Å². The number of amides is 1. The van der Waals surface area contributed by atoms with Gasteiger partial charge in [0.15, 0.2) is 0 Å². The van der Waals surface area contributed by atoms with Crippen molar-refractivity contribution < 1.29 is 14.3 Å². The summed E-state index contributed by atoms with van der Waals surface area (Å²) < 4.78 is 4.87. The first-order valence-corrected chi connectivity index (χ1v) is 8.90. The third-order valence-corrected chi connectivity index (χ3v) is 5.29. The maximum atomic E-state index is 12.4. The van der Waals surface area contributed by atoms with Crippen LogP contribution >= 0.6 is 11.3 Å². The van der Waals surface area contributed by atoms with Gasteiger partial charge in [-0.15, -0.1) is 11.3 Å². The Labute approximate surface area is 155 Å². The summed E-state index contributed by atoms with van der Waals surface area (Å²) in [4.78, 5) is 29.5. The molecule has 5 nitrogen and oxygen atoms in total. The molecule has 2 aromatic heterocycles. The molecule has 3 aromatic rings. The molecule has 1 aromatic carbocycles. The van der Waals surface area contributed by atoms with Crippen molar-refractivity contribution in [1.29, 1.82) is 0 Å². The Bertz CT molecular complexity index is 907. The van der Waals surface area contributed by atoms with Crippen molar-refractivity contribution in [3.05, 3.63) is 82.5 Å². The Morgan fingerprint density at radius 1 is 1.12 bits per heavy atom. The molecular weight excluding hydrogens is 348 g/mol. The van der Waals surface area contributed by atoms with Crippen molar-refractivity contribution in [2.45, 2.75) is 12.8 Å². The fourth-order valence-corrected chi connectivity index (χ4v) is 3.68. The van der Waals surface area contributed by atoms with E-state index in [4.69, 9.17) is 4.74 Å². The Morgan fingerprint density at radius 3 is 2.46 bits per heavy atom. The van der Waals surface area contributed by atoms with Crippen LogP contribution in [0.1, 0.15) is 44.0 Å². The lowest BCUT2D eigenvalue weighted by Crippen LogP contribution is -2.13. The van der Waals surface area contributed by atoms with E-state index in [1.54, 1.807) is 30.6 Å². The highest BCUT2D eigenvalue weighted by molar-refractivity contribution is 7.16. The number of methoxy groups -OCH3 is 1. The summed E-state index contributed by atoms with van der Waals surface area (Å²) in [7, 11) is 1.33. The molecule has 0 radical (unpaired) electrons. The Hall–Kier alpha value is -2.99. The minimum absolute atomic E-state index is 0.0937. The second kappa shape index (κ2) is 7.93. The average molecular weight is 366 g/mol. The van der Waals surface area contributed by atoms with Crippen LogP contribution in [0, 0.1) is 0 Å². The monoisotopic (exact) mass is 366 g/mol. The van der Waals surface area contributed by atoms with E-state index >= 15 is 0 Å². The molecule has 0 aliphatic heterocycles. The standard InChI is InChI=1S/C20H18N2O3S/c1-13(14-6-4-3-5-7-14)17-12-16(20(24)25-2)19(26-17)22-18(23)15-8-10-21-11-9-15/h3-13H,1-2H3,(H,22,23)/t13-/m0/s1. The average Bonchev–Trinajstić information content (AvgIpc) is 3.11. The van der Waals surface area contributed by atoms with Gasteiger partial charge in [-0.05, 0) is 23.8 Å². The molecule has 26 heavy (non-hydrogen) atoms. The summed E-state index contributed by atoms with van der Waals surface area (Å²) in [5.74, 6) is -0.674. The van der Waals surface area contributed by atoms with Crippen LogP contribution in [0.5, 0.6) is 0 Å². The number of nitrogens with zero attached hydrogens (tertiary/aromatic N) is 1. The molecule has 0 saturated heterocycles. The molecule has 1 N–H and O–H groups in total. The van der Waals surface area contributed by atoms with E-state index in [9.17, 15) is 9.59 Å². The third-order valence-electron chi connectivity index (χ3n) is 4.05. The Balaban J connectivity index is 1.92. The molecule has 0 bridgehead atoms. The summed E-state index contributed by atoms with van der Waals surface area (Å²) in [5, 5.41) is 3.30. The number of carbonyl (C=O) groups is 2. The lowest BCUT2D eigenvalue weighted by Gasteiger charge is -2.09. The summed E-state index contributed by atoms with van der Waals surface area (Å²) in [6.07, 6.45) is 3.10. The molecule has 0 aliphatic rings. The summed E-state index contributed by atoms with van der Waals surface area (Å²) in [6.45, 7) is 2.07. The number of benzene rings is 1. The smallest absolute Gasteiger partial charge is 0.340 e. The van der Waals surface area contributed by atoms with Crippen LogP contribution in [0.2, 0.25) is 0 Å². The Morgan fingerprint density at radius 2 is 1.81 bits per heavy atom. The van der Waals surface area contributed by atoms with E-state index in [1.165, 1.54) is 18.4 Å². The first-order chi connectivity index (χ1) is 12.6. The molecular formula is C20H18N2O3S. The fraction of sp³-hybridized carbons (Fsp3) is 0.150. The number of thiophene rings is 1. The van der Waals surface area contributed by atoms with Crippen LogP contribution in [0.3, 0.4) is 0 Å². The van der Waals surface area contributed by atoms with Crippen molar-refractivity contribution in [2.24, 2.45) is 0 Å². The van der Waals surface area contributed by atoms with Gasteiger partial charge in [0.2, 0.25) is 0 Å². The molecule has 0 aliphatic carbocycles. The van der Waals surface area contributed by atoms with Crippen molar-refractivity contribution in [3.8, 4) is 0 Å². The zero-order valence-electron chi connectivity index (χ0n) is 14.4. The van der Waals surface area contributed by atoms with E-state index in [-0.39, 0.29) is 11.8 Å². The van der Waals surface area contributed by atoms with Gasteiger partial charge in [-0.1, -0.05) is 37.3 Å². The normalized spacial score (nSPS) is 11.6. The zero-order valence-corrected chi connectivity index (χ0v) is 15.2. The molecule has 0 spiro atoms. The van der Waals surface area contributed by atoms with Crippen LogP contribution in [0.15, 0.2) is 60.9 Å². The van der Waals surface area contributed by atoms with Gasteiger partial charge in [-0.3, -0.25) is 9.78 Å². The predicted octanol–water partition coefficient (Wildman–Crippen LogP) is 4.33. The number of hydrogen-bond donors (Lipinski definition) is 1. The molecule has 1 amide bonds. The van der Waals surface area contributed by atoms with Crippen molar-refractivity contribution in [1.82, 2.24) is 4.98 Å². The van der Waals surface area contributed by atoms with Gasteiger partial charge in [0, 0.05) is 28.8 Å². The van der Waals surface area contributed by atoms with Gasteiger partial charge in [0.1, 0.15) is 5.00 Å². The van der Waals surface area contributed by atoms with Gasteiger partial charge >= 0.3 is 5.97 Å². The minimum Gasteiger partial charge on any atom is -0.465 e. The van der Waals surface area contributed by atoms with E-state index in [0.717, 1.165) is 10.4 Å². The lowest BCUT2D eigenvalue weighted by atomic mass is 9.99. The number of hydrogen-bond acceptors (Lipinski definition) is 5. The first-order valence-electron chi connectivity index (χ1n) is 8.08. The highest BCUT2D eigenvalue weighted by atomic mass is 32.1. The third kappa shape index (κ3) is 3.81. The molecule has 0 fully saturated rings. The van der Waals surface area contributed by atoms with Crippen LogP contribution in [-0.4, -0.2) is 24.0 Å². The lowest BCUT2D eigenvalue weighted by molar-refractivity contribution is 0.0602. The topological polar surface area (TPSA) is 68.3 Å². The molecule has 2 heterocycles. The number of rotatable bonds is 5. The van der Waals surface area contributed by atoms with Gasteiger partial charge in [0.25, 0.3) is 5.91 Å². The highest BCUT2D eigenvalue weighted by Crippen LogP contribution is 2.36. The van der Waals surface area contributed by atoms with E-state index < -0.39 is 5.97 Å². The zero-order chi connectivity index (χ0) is 18.5. The quantitative estimate of drug-likeness (QED) is 0.682. The Kier molecular flexibility index (Phi) is 5.43. The van der Waals surface area contributed by atoms with Gasteiger partial charge < -0.3 is 10.1 Å². The number of pyridine rings is 1. The van der Waals surface area contributed by atoms with Gasteiger partial charge in [-0.2, -0.15) is 0 Å². The second-order valence-corrected chi connectivity index (χ2v) is 6.79. The number of aromatic nitrogens is 1. The number of carbonyl (C=O) groups excluding carboxylic acids is 2. The maximum Gasteiger partial charge on any atom is 0.340 e. The summed E-state index contributed by atoms with van der Waals surface area (Å²) >= 11 is 1.38.